The van der Waals surface area contributed by atoms with Crippen LogP contribution < -0.4 is 0 Å². The van der Waals surface area contributed by atoms with E-state index in [2.05, 4.69) is 0 Å². The maximum Gasteiger partial charge on any atom is 0.322 e. The number of nitrogens with zero attached hydrogens (tertiary/aromatic N) is 2. The van der Waals surface area contributed by atoms with Crippen LogP contribution in [-0.2, 0) is 9.53 Å². The normalized spacial score (nSPS) is 26.8. The van der Waals surface area contributed by atoms with Gasteiger partial charge in [0.05, 0.1) is 0 Å². The molecule has 1 aliphatic rings. The van der Waals surface area contributed by atoms with Crippen molar-refractivity contribution in [2.75, 3.05) is 14.1 Å². The fourth-order valence-electron chi connectivity index (χ4n) is 1.53. The number of esters is 1. The summed E-state index contributed by atoms with van der Waals surface area (Å²) in [5, 5.41) is 0. The third-order valence-electron chi connectivity index (χ3n) is 2.80. The fourth-order valence-corrected chi connectivity index (χ4v) is 1.53. The van der Waals surface area contributed by atoms with E-state index in [4.69, 9.17) is 4.74 Å². The molecule has 5 nitrogen and oxygen atoms in total. The van der Waals surface area contributed by atoms with Gasteiger partial charge in [0.2, 0.25) is 0 Å². The standard InChI is InChI=1S/C10H18N2O3/c1-5-9(13)15-8-6-7(2)11(3)10(14)12(8)4/h7-8H,5-6H2,1-4H3. The molecule has 0 aliphatic carbocycles. The smallest absolute Gasteiger partial charge is 0.322 e. The molecule has 0 saturated carbocycles. The molecule has 0 N–H and O–H groups in total. The van der Waals surface area contributed by atoms with Gasteiger partial charge >= 0.3 is 12.0 Å². The Kier molecular flexibility index (Phi) is 3.55. The highest BCUT2D eigenvalue weighted by atomic mass is 16.6. The molecule has 2 unspecified atom stereocenters. The summed E-state index contributed by atoms with van der Waals surface area (Å²) in [6.07, 6.45) is 0.573. The number of amides is 2. The summed E-state index contributed by atoms with van der Waals surface area (Å²) in [4.78, 5) is 25.9. The van der Waals surface area contributed by atoms with Gasteiger partial charge in [0.25, 0.3) is 0 Å². The Balaban J connectivity index is 2.66. The SMILES string of the molecule is CCC(=O)OC1CC(C)N(C)C(=O)N1C. The van der Waals surface area contributed by atoms with Crippen molar-refractivity contribution in [2.24, 2.45) is 0 Å². The molecule has 15 heavy (non-hydrogen) atoms. The zero-order chi connectivity index (χ0) is 11.6. The third kappa shape index (κ3) is 2.40. The second-order valence-electron chi connectivity index (χ2n) is 3.89. The molecule has 0 bridgehead atoms. The molecule has 86 valence electrons. The molecule has 1 aliphatic heterocycles. The van der Waals surface area contributed by atoms with Crippen LogP contribution in [0.1, 0.15) is 26.7 Å². The highest BCUT2D eigenvalue weighted by Crippen LogP contribution is 2.19. The van der Waals surface area contributed by atoms with E-state index in [0.29, 0.717) is 12.8 Å². The Morgan fingerprint density at radius 2 is 2.07 bits per heavy atom. The van der Waals surface area contributed by atoms with Crippen molar-refractivity contribution in [3.63, 3.8) is 0 Å². The molecule has 0 spiro atoms. The first kappa shape index (κ1) is 11.8. The van der Waals surface area contributed by atoms with Gasteiger partial charge in [-0.2, -0.15) is 0 Å². The summed E-state index contributed by atoms with van der Waals surface area (Å²) in [6.45, 7) is 3.68. The van der Waals surface area contributed by atoms with Gasteiger partial charge in [-0.25, -0.2) is 4.79 Å². The Morgan fingerprint density at radius 1 is 1.47 bits per heavy atom. The van der Waals surface area contributed by atoms with E-state index in [9.17, 15) is 9.59 Å². The minimum absolute atomic E-state index is 0.100. The lowest BCUT2D eigenvalue weighted by atomic mass is 10.1. The molecule has 0 radical (unpaired) electrons. The zero-order valence-electron chi connectivity index (χ0n) is 9.69. The average molecular weight is 214 g/mol. The minimum atomic E-state index is -0.420. The molecule has 0 aromatic rings. The first-order valence-electron chi connectivity index (χ1n) is 5.16. The third-order valence-corrected chi connectivity index (χ3v) is 2.80. The van der Waals surface area contributed by atoms with Gasteiger partial charge in [-0.15, -0.1) is 0 Å². The van der Waals surface area contributed by atoms with Crippen molar-refractivity contribution in [3.05, 3.63) is 0 Å². The summed E-state index contributed by atoms with van der Waals surface area (Å²) < 4.78 is 5.18. The van der Waals surface area contributed by atoms with Gasteiger partial charge in [0.15, 0.2) is 6.23 Å². The van der Waals surface area contributed by atoms with Crippen molar-refractivity contribution in [3.8, 4) is 0 Å². The predicted octanol–water partition coefficient (Wildman–Crippen LogP) is 1.04. The highest BCUT2D eigenvalue weighted by Gasteiger charge is 2.34. The van der Waals surface area contributed by atoms with Crippen LogP contribution in [0.5, 0.6) is 0 Å². The van der Waals surface area contributed by atoms with Crippen molar-refractivity contribution >= 4 is 12.0 Å². The molecular weight excluding hydrogens is 196 g/mol. The van der Waals surface area contributed by atoms with E-state index in [1.54, 1.807) is 25.9 Å². The fraction of sp³-hybridized carbons (Fsp3) is 0.800. The summed E-state index contributed by atoms with van der Waals surface area (Å²) in [6, 6.07) is -0.00832. The molecule has 1 saturated heterocycles. The second kappa shape index (κ2) is 4.51. The van der Waals surface area contributed by atoms with Crippen molar-refractivity contribution in [1.29, 1.82) is 0 Å². The van der Waals surface area contributed by atoms with E-state index in [1.165, 1.54) is 4.90 Å². The van der Waals surface area contributed by atoms with Gasteiger partial charge in [-0.3, -0.25) is 9.69 Å². The van der Waals surface area contributed by atoms with Crippen LogP contribution in [0.25, 0.3) is 0 Å². The molecule has 0 aromatic heterocycles. The maximum atomic E-state index is 11.7. The van der Waals surface area contributed by atoms with Crippen molar-refractivity contribution in [1.82, 2.24) is 9.80 Å². The van der Waals surface area contributed by atoms with E-state index in [1.807, 2.05) is 6.92 Å². The molecule has 1 rings (SSSR count). The largest absolute Gasteiger partial charge is 0.441 e. The molecular formula is C10H18N2O3. The number of carbonyl (C=O) groups excluding carboxylic acids is 2. The van der Waals surface area contributed by atoms with Crippen LogP contribution in [0.2, 0.25) is 0 Å². The van der Waals surface area contributed by atoms with E-state index >= 15 is 0 Å². The highest BCUT2D eigenvalue weighted by molar-refractivity contribution is 5.76. The quantitative estimate of drug-likeness (QED) is 0.645. The first-order chi connectivity index (χ1) is 6.97. The van der Waals surface area contributed by atoms with Gasteiger partial charge in [-0.1, -0.05) is 6.92 Å². The predicted molar refractivity (Wildman–Crippen MR) is 55.2 cm³/mol. The summed E-state index contributed by atoms with van der Waals surface area (Å²) in [5.74, 6) is -0.267. The lowest BCUT2D eigenvalue weighted by Crippen LogP contribution is -2.55. The van der Waals surface area contributed by atoms with Crippen LogP contribution in [0.15, 0.2) is 0 Å². The Labute approximate surface area is 90.0 Å². The van der Waals surface area contributed by atoms with E-state index < -0.39 is 6.23 Å². The number of ether oxygens (including phenoxy) is 1. The van der Waals surface area contributed by atoms with E-state index in [-0.39, 0.29) is 18.0 Å². The summed E-state index contributed by atoms with van der Waals surface area (Å²) >= 11 is 0. The van der Waals surface area contributed by atoms with Crippen LogP contribution in [-0.4, -0.2) is 48.2 Å². The van der Waals surface area contributed by atoms with Crippen LogP contribution >= 0.6 is 0 Å². The summed E-state index contributed by atoms with van der Waals surface area (Å²) in [5.41, 5.74) is 0. The van der Waals surface area contributed by atoms with Crippen LogP contribution in [0.4, 0.5) is 4.79 Å². The zero-order valence-corrected chi connectivity index (χ0v) is 9.69. The Morgan fingerprint density at radius 3 is 2.60 bits per heavy atom. The molecule has 5 heteroatoms. The maximum absolute atomic E-state index is 11.7. The van der Waals surface area contributed by atoms with E-state index in [0.717, 1.165) is 0 Å². The Hall–Kier alpha value is -1.26. The number of urea groups is 1. The number of hydrogen-bond acceptors (Lipinski definition) is 3. The number of carbonyl (C=O) groups is 2. The topological polar surface area (TPSA) is 49.9 Å². The van der Waals surface area contributed by atoms with Gasteiger partial charge in [0.1, 0.15) is 0 Å². The molecule has 1 heterocycles. The molecule has 0 aromatic carbocycles. The van der Waals surface area contributed by atoms with Crippen molar-refractivity contribution in [2.45, 2.75) is 39.0 Å². The molecule has 2 atom stereocenters. The number of hydrogen-bond donors (Lipinski definition) is 0. The van der Waals surface area contributed by atoms with Crippen LogP contribution in [0.3, 0.4) is 0 Å². The van der Waals surface area contributed by atoms with Gasteiger partial charge < -0.3 is 9.64 Å². The summed E-state index contributed by atoms with van der Waals surface area (Å²) in [7, 11) is 3.40. The second-order valence-corrected chi connectivity index (χ2v) is 3.89. The monoisotopic (exact) mass is 214 g/mol. The first-order valence-corrected chi connectivity index (χ1v) is 5.16. The molecule has 2 amide bonds. The molecule has 1 fully saturated rings. The Bertz CT molecular complexity index is 267. The van der Waals surface area contributed by atoms with Crippen molar-refractivity contribution < 1.29 is 14.3 Å². The van der Waals surface area contributed by atoms with Gasteiger partial charge in [0, 0.05) is 33.0 Å². The van der Waals surface area contributed by atoms with Crippen LogP contribution in [0, 0.1) is 0 Å². The minimum Gasteiger partial charge on any atom is -0.441 e. The van der Waals surface area contributed by atoms with Gasteiger partial charge in [-0.05, 0) is 6.92 Å². The average Bonchev–Trinajstić information content (AvgIpc) is 2.22. The lowest BCUT2D eigenvalue weighted by molar-refractivity contribution is -0.159. The lowest BCUT2D eigenvalue weighted by Gasteiger charge is -2.40. The number of rotatable bonds is 2.